The minimum absolute atomic E-state index is 0.171. The number of esters is 2. The number of carbonyl (C=O) groups is 2. The van der Waals surface area contributed by atoms with Crippen LogP contribution in [0.15, 0.2) is 0 Å². The molecule has 5 nitrogen and oxygen atoms in total. The first kappa shape index (κ1) is 21.9. The molecule has 0 saturated heterocycles. The summed E-state index contributed by atoms with van der Waals surface area (Å²) in [5.74, 6) is 0.575. The van der Waals surface area contributed by atoms with Gasteiger partial charge in [0.1, 0.15) is 0 Å². The minimum Gasteiger partial charge on any atom is -0.466 e. The molecule has 0 spiro atoms. The average Bonchev–Trinajstić information content (AvgIpc) is 2.51. The third-order valence-electron chi connectivity index (χ3n) is 3.54. The normalized spacial score (nSPS) is 12.2. The van der Waals surface area contributed by atoms with Crippen molar-refractivity contribution >= 4 is 11.9 Å². The molecule has 1 atom stereocenters. The molecule has 136 valence electrons. The van der Waals surface area contributed by atoms with Crippen LogP contribution in [0.1, 0.15) is 65.7 Å². The smallest absolute Gasteiger partial charge is 0.305 e. The molecule has 0 aliphatic heterocycles. The van der Waals surface area contributed by atoms with Crippen molar-refractivity contribution in [1.82, 2.24) is 0 Å². The summed E-state index contributed by atoms with van der Waals surface area (Å²) in [5.41, 5.74) is 0. The largest absolute Gasteiger partial charge is 0.466 e. The maximum atomic E-state index is 11.6. The summed E-state index contributed by atoms with van der Waals surface area (Å²) in [6, 6.07) is 0. The van der Waals surface area contributed by atoms with Crippen molar-refractivity contribution < 1.29 is 23.8 Å². The molecule has 0 aliphatic rings. The molecule has 23 heavy (non-hydrogen) atoms. The lowest BCUT2D eigenvalue weighted by atomic mass is 10.1. The van der Waals surface area contributed by atoms with Crippen LogP contribution in [0, 0.1) is 11.8 Å². The van der Waals surface area contributed by atoms with E-state index in [1.807, 2.05) is 6.92 Å². The van der Waals surface area contributed by atoms with Crippen LogP contribution >= 0.6 is 0 Å². The summed E-state index contributed by atoms with van der Waals surface area (Å²) in [5, 5.41) is 0. The second kappa shape index (κ2) is 14.5. The van der Waals surface area contributed by atoms with Crippen molar-refractivity contribution in [3.63, 3.8) is 0 Å². The molecular weight excluding hydrogens is 296 g/mol. The van der Waals surface area contributed by atoms with E-state index >= 15 is 0 Å². The van der Waals surface area contributed by atoms with Crippen molar-refractivity contribution in [2.24, 2.45) is 11.8 Å². The Balaban J connectivity index is 3.48. The van der Waals surface area contributed by atoms with Gasteiger partial charge in [0, 0.05) is 26.6 Å². The Morgan fingerprint density at radius 3 is 2.00 bits per heavy atom. The molecule has 0 aromatic rings. The molecule has 0 saturated carbocycles. The molecule has 0 amide bonds. The zero-order valence-corrected chi connectivity index (χ0v) is 15.3. The fraction of sp³-hybridized carbons (Fsp3) is 0.889. The molecule has 5 heteroatoms. The van der Waals surface area contributed by atoms with E-state index in [2.05, 4.69) is 13.8 Å². The van der Waals surface area contributed by atoms with Gasteiger partial charge in [0.25, 0.3) is 0 Å². The number of methoxy groups -OCH3 is 1. The first-order valence-corrected chi connectivity index (χ1v) is 8.75. The zero-order valence-electron chi connectivity index (χ0n) is 15.3. The molecule has 0 fully saturated rings. The SMILES string of the molecule is COCCC(C)COC(=O)CCCCC(=O)OCCCC(C)C. The molecule has 0 heterocycles. The van der Waals surface area contributed by atoms with Gasteiger partial charge in [0.2, 0.25) is 0 Å². The number of unbranched alkanes of at least 4 members (excludes halogenated alkanes) is 1. The van der Waals surface area contributed by atoms with Crippen LogP contribution in [0.4, 0.5) is 0 Å². The van der Waals surface area contributed by atoms with Crippen LogP contribution in [0.25, 0.3) is 0 Å². The van der Waals surface area contributed by atoms with Gasteiger partial charge >= 0.3 is 11.9 Å². The van der Waals surface area contributed by atoms with E-state index in [0.29, 0.717) is 57.3 Å². The molecule has 0 aromatic carbocycles. The monoisotopic (exact) mass is 330 g/mol. The van der Waals surface area contributed by atoms with Crippen molar-refractivity contribution in [3.05, 3.63) is 0 Å². The summed E-state index contributed by atoms with van der Waals surface area (Å²) in [4.78, 5) is 23.1. The van der Waals surface area contributed by atoms with E-state index in [1.165, 1.54) is 0 Å². The van der Waals surface area contributed by atoms with Gasteiger partial charge < -0.3 is 14.2 Å². The van der Waals surface area contributed by atoms with Gasteiger partial charge in [-0.15, -0.1) is 0 Å². The molecule has 0 bridgehead atoms. The van der Waals surface area contributed by atoms with Crippen LogP contribution in [-0.4, -0.2) is 38.9 Å². The van der Waals surface area contributed by atoms with Crippen molar-refractivity contribution in [1.29, 1.82) is 0 Å². The highest BCUT2D eigenvalue weighted by Crippen LogP contribution is 2.07. The quantitative estimate of drug-likeness (QED) is 0.359. The fourth-order valence-electron chi connectivity index (χ4n) is 2.00. The Morgan fingerprint density at radius 1 is 0.826 bits per heavy atom. The van der Waals surface area contributed by atoms with E-state index in [1.54, 1.807) is 7.11 Å². The summed E-state index contributed by atoms with van der Waals surface area (Å²) in [6.07, 6.45) is 4.92. The zero-order chi connectivity index (χ0) is 17.5. The molecule has 1 unspecified atom stereocenters. The Bertz CT molecular complexity index is 315. The van der Waals surface area contributed by atoms with Gasteiger partial charge in [-0.2, -0.15) is 0 Å². The Labute approximate surface area is 141 Å². The molecule has 0 N–H and O–H groups in total. The minimum atomic E-state index is -0.195. The average molecular weight is 330 g/mol. The fourth-order valence-corrected chi connectivity index (χ4v) is 2.00. The molecule has 0 aliphatic carbocycles. The van der Waals surface area contributed by atoms with Crippen LogP contribution < -0.4 is 0 Å². The summed E-state index contributed by atoms with van der Waals surface area (Å²) >= 11 is 0. The van der Waals surface area contributed by atoms with Crippen LogP contribution in [0.3, 0.4) is 0 Å². The van der Waals surface area contributed by atoms with Gasteiger partial charge in [0.05, 0.1) is 13.2 Å². The van der Waals surface area contributed by atoms with Crippen LogP contribution in [0.5, 0.6) is 0 Å². The van der Waals surface area contributed by atoms with Crippen LogP contribution in [-0.2, 0) is 23.8 Å². The lowest BCUT2D eigenvalue weighted by Crippen LogP contribution is -2.13. The third-order valence-corrected chi connectivity index (χ3v) is 3.54. The van der Waals surface area contributed by atoms with E-state index in [9.17, 15) is 9.59 Å². The van der Waals surface area contributed by atoms with Crippen LogP contribution in [0.2, 0.25) is 0 Å². The predicted molar refractivity (Wildman–Crippen MR) is 90.1 cm³/mol. The number of carbonyl (C=O) groups excluding carboxylic acids is 2. The molecule has 0 radical (unpaired) electrons. The van der Waals surface area contributed by atoms with Gasteiger partial charge in [-0.05, 0) is 43.9 Å². The number of hydrogen-bond acceptors (Lipinski definition) is 5. The molecule has 0 rings (SSSR count). The van der Waals surface area contributed by atoms with Gasteiger partial charge in [-0.1, -0.05) is 20.8 Å². The van der Waals surface area contributed by atoms with E-state index < -0.39 is 0 Å². The maximum absolute atomic E-state index is 11.6. The first-order valence-electron chi connectivity index (χ1n) is 8.75. The summed E-state index contributed by atoms with van der Waals surface area (Å²) in [7, 11) is 1.66. The maximum Gasteiger partial charge on any atom is 0.305 e. The predicted octanol–water partition coefficient (Wildman–Crippen LogP) is 3.74. The topological polar surface area (TPSA) is 61.8 Å². The molecule has 0 aromatic heterocycles. The van der Waals surface area contributed by atoms with E-state index in [0.717, 1.165) is 19.3 Å². The highest BCUT2D eigenvalue weighted by atomic mass is 16.5. The van der Waals surface area contributed by atoms with E-state index in [4.69, 9.17) is 14.2 Å². The third kappa shape index (κ3) is 15.6. The first-order chi connectivity index (χ1) is 11.0. The number of ether oxygens (including phenoxy) is 3. The number of hydrogen-bond donors (Lipinski definition) is 0. The van der Waals surface area contributed by atoms with Gasteiger partial charge in [-0.3, -0.25) is 9.59 Å². The Morgan fingerprint density at radius 2 is 1.43 bits per heavy atom. The van der Waals surface area contributed by atoms with E-state index in [-0.39, 0.29) is 11.9 Å². The lowest BCUT2D eigenvalue weighted by Gasteiger charge is -2.11. The van der Waals surface area contributed by atoms with Crippen molar-refractivity contribution in [3.8, 4) is 0 Å². The Kier molecular flexibility index (Phi) is 13.8. The summed E-state index contributed by atoms with van der Waals surface area (Å²) < 4.78 is 15.3. The van der Waals surface area contributed by atoms with Gasteiger partial charge in [-0.25, -0.2) is 0 Å². The second-order valence-electron chi connectivity index (χ2n) is 6.53. The number of rotatable bonds is 14. The van der Waals surface area contributed by atoms with Crippen molar-refractivity contribution in [2.45, 2.75) is 65.7 Å². The molecular formula is C18H34O5. The second-order valence-corrected chi connectivity index (χ2v) is 6.53. The highest BCUT2D eigenvalue weighted by Gasteiger charge is 2.08. The lowest BCUT2D eigenvalue weighted by molar-refractivity contribution is -0.146. The standard InChI is InChI=1S/C18H34O5/c1-15(2)8-7-12-22-17(19)9-5-6-10-18(20)23-14-16(3)11-13-21-4/h15-16H,5-14H2,1-4H3. The Hall–Kier alpha value is -1.10. The van der Waals surface area contributed by atoms with Gasteiger partial charge in [0.15, 0.2) is 0 Å². The summed E-state index contributed by atoms with van der Waals surface area (Å²) in [6.45, 7) is 7.94. The highest BCUT2D eigenvalue weighted by molar-refractivity contribution is 5.70. The van der Waals surface area contributed by atoms with Crippen molar-refractivity contribution in [2.75, 3.05) is 26.9 Å².